The Bertz CT molecular complexity index is 392. The highest BCUT2D eigenvalue weighted by molar-refractivity contribution is 5.36. The van der Waals surface area contributed by atoms with E-state index in [4.69, 9.17) is 0 Å². The Morgan fingerprint density at radius 3 is 2.71 bits per heavy atom. The van der Waals surface area contributed by atoms with Gasteiger partial charge < -0.3 is 5.32 Å². The lowest BCUT2D eigenvalue weighted by molar-refractivity contribution is 0.169. The first-order valence-corrected chi connectivity index (χ1v) is 7.14. The molecule has 1 atom stereocenters. The van der Waals surface area contributed by atoms with Crippen molar-refractivity contribution in [3.8, 4) is 0 Å². The fourth-order valence-electron chi connectivity index (χ4n) is 3.84. The van der Waals surface area contributed by atoms with Crippen LogP contribution >= 0.6 is 0 Å². The molecule has 1 aliphatic carbocycles. The fraction of sp³-hybridized carbons (Fsp3) is 0.625. The van der Waals surface area contributed by atoms with Crippen LogP contribution in [0.4, 0.5) is 0 Å². The molecular formula is C16H23N. The molecule has 0 aromatic heterocycles. The summed E-state index contributed by atoms with van der Waals surface area (Å²) in [6, 6.07) is 9.05. The molecule has 3 rings (SSSR count). The molecule has 1 unspecified atom stereocenters. The van der Waals surface area contributed by atoms with Gasteiger partial charge in [0.05, 0.1) is 0 Å². The number of hydrogen-bond acceptors (Lipinski definition) is 1. The third-order valence-corrected chi connectivity index (χ3v) is 4.89. The van der Waals surface area contributed by atoms with E-state index < -0.39 is 0 Å². The van der Waals surface area contributed by atoms with E-state index >= 15 is 0 Å². The largest absolute Gasteiger partial charge is 0.307 e. The SMILES string of the molecule is CC1(C2CCCCC2)NCCc2ccccc21. The number of rotatable bonds is 1. The topological polar surface area (TPSA) is 12.0 Å². The van der Waals surface area contributed by atoms with E-state index in [-0.39, 0.29) is 5.54 Å². The van der Waals surface area contributed by atoms with Crippen molar-refractivity contribution in [1.82, 2.24) is 5.32 Å². The zero-order valence-electron chi connectivity index (χ0n) is 10.8. The van der Waals surface area contributed by atoms with E-state index in [9.17, 15) is 0 Å². The van der Waals surface area contributed by atoms with Crippen molar-refractivity contribution < 1.29 is 0 Å². The van der Waals surface area contributed by atoms with Crippen LogP contribution in [0.5, 0.6) is 0 Å². The van der Waals surface area contributed by atoms with Gasteiger partial charge in [0.15, 0.2) is 0 Å². The minimum Gasteiger partial charge on any atom is -0.307 e. The average Bonchev–Trinajstić information content (AvgIpc) is 2.40. The van der Waals surface area contributed by atoms with Gasteiger partial charge in [0, 0.05) is 12.1 Å². The van der Waals surface area contributed by atoms with Gasteiger partial charge in [0.25, 0.3) is 0 Å². The molecule has 1 heterocycles. The number of hydrogen-bond donors (Lipinski definition) is 1. The van der Waals surface area contributed by atoms with E-state index in [1.807, 2.05) is 0 Å². The predicted molar refractivity (Wildman–Crippen MR) is 72.1 cm³/mol. The molecule has 92 valence electrons. The second-order valence-electron chi connectivity index (χ2n) is 5.87. The molecule has 17 heavy (non-hydrogen) atoms. The summed E-state index contributed by atoms with van der Waals surface area (Å²) in [4.78, 5) is 0. The van der Waals surface area contributed by atoms with Crippen LogP contribution in [0, 0.1) is 5.92 Å². The summed E-state index contributed by atoms with van der Waals surface area (Å²) in [5.41, 5.74) is 3.37. The van der Waals surface area contributed by atoms with Gasteiger partial charge in [0.2, 0.25) is 0 Å². The highest BCUT2D eigenvalue weighted by Crippen LogP contribution is 2.41. The van der Waals surface area contributed by atoms with Crippen LogP contribution in [0.15, 0.2) is 24.3 Å². The van der Waals surface area contributed by atoms with Crippen molar-refractivity contribution >= 4 is 0 Å². The van der Waals surface area contributed by atoms with E-state index in [2.05, 4.69) is 36.5 Å². The second-order valence-corrected chi connectivity index (χ2v) is 5.87. The van der Waals surface area contributed by atoms with Gasteiger partial charge in [-0.3, -0.25) is 0 Å². The van der Waals surface area contributed by atoms with Gasteiger partial charge in [-0.05, 0) is 43.2 Å². The van der Waals surface area contributed by atoms with Crippen LogP contribution in [0.25, 0.3) is 0 Å². The number of fused-ring (bicyclic) bond motifs is 1. The molecule has 1 heteroatoms. The molecule has 0 saturated heterocycles. The monoisotopic (exact) mass is 229 g/mol. The minimum absolute atomic E-state index is 0.231. The maximum Gasteiger partial charge on any atom is 0.0437 e. The van der Waals surface area contributed by atoms with Gasteiger partial charge in [-0.1, -0.05) is 43.5 Å². The van der Waals surface area contributed by atoms with E-state index in [0.717, 1.165) is 12.5 Å². The van der Waals surface area contributed by atoms with Gasteiger partial charge in [-0.15, -0.1) is 0 Å². The quantitative estimate of drug-likeness (QED) is 0.775. The van der Waals surface area contributed by atoms with Crippen LogP contribution in [0.3, 0.4) is 0 Å². The van der Waals surface area contributed by atoms with Crippen LogP contribution in [0.1, 0.15) is 50.2 Å². The van der Waals surface area contributed by atoms with Crippen molar-refractivity contribution in [3.05, 3.63) is 35.4 Å². The van der Waals surface area contributed by atoms with Crippen LogP contribution < -0.4 is 5.32 Å². The fourth-order valence-corrected chi connectivity index (χ4v) is 3.84. The van der Waals surface area contributed by atoms with Crippen LogP contribution in [-0.2, 0) is 12.0 Å². The first-order chi connectivity index (χ1) is 8.31. The molecule has 1 saturated carbocycles. The normalized spacial score (nSPS) is 29.9. The Morgan fingerprint density at radius 2 is 1.88 bits per heavy atom. The highest BCUT2D eigenvalue weighted by Gasteiger charge is 2.38. The lowest BCUT2D eigenvalue weighted by Crippen LogP contribution is -2.50. The zero-order valence-corrected chi connectivity index (χ0v) is 10.8. The predicted octanol–water partition coefficient (Wildman–Crippen LogP) is 3.63. The molecular weight excluding hydrogens is 206 g/mol. The maximum absolute atomic E-state index is 3.82. The molecule has 1 nitrogen and oxygen atoms in total. The average molecular weight is 229 g/mol. The Hall–Kier alpha value is -0.820. The first kappa shape index (κ1) is 11.3. The van der Waals surface area contributed by atoms with E-state index in [1.165, 1.54) is 38.5 Å². The lowest BCUT2D eigenvalue weighted by atomic mass is 9.69. The second kappa shape index (κ2) is 4.45. The summed E-state index contributed by atoms with van der Waals surface area (Å²) < 4.78 is 0. The molecule has 0 bridgehead atoms. The third-order valence-electron chi connectivity index (χ3n) is 4.89. The van der Waals surface area contributed by atoms with Crippen molar-refractivity contribution in [1.29, 1.82) is 0 Å². The van der Waals surface area contributed by atoms with Crippen LogP contribution in [-0.4, -0.2) is 6.54 Å². The van der Waals surface area contributed by atoms with Gasteiger partial charge in [-0.2, -0.15) is 0 Å². The van der Waals surface area contributed by atoms with Gasteiger partial charge in [-0.25, -0.2) is 0 Å². The van der Waals surface area contributed by atoms with Crippen LogP contribution in [0.2, 0.25) is 0 Å². The number of benzene rings is 1. The summed E-state index contributed by atoms with van der Waals surface area (Å²) in [5.74, 6) is 0.831. The lowest BCUT2D eigenvalue weighted by Gasteiger charge is -2.45. The molecule has 1 aromatic carbocycles. The standard InChI is InChI=1S/C16H23N/c1-16(14-8-3-2-4-9-14)15-10-6-5-7-13(15)11-12-17-16/h5-7,10,14,17H,2-4,8-9,11-12H2,1H3. The Labute approximate surface area is 105 Å². The Balaban J connectivity index is 1.96. The Kier molecular flexibility index (Phi) is 2.96. The molecule has 2 aliphatic rings. The highest BCUT2D eigenvalue weighted by atomic mass is 15.0. The smallest absolute Gasteiger partial charge is 0.0437 e. The Morgan fingerprint density at radius 1 is 1.12 bits per heavy atom. The molecule has 1 N–H and O–H groups in total. The zero-order chi connectivity index (χ0) is 11.7. The minimum atomic E-state index is 0.231. The molecule has 0 spiro atoms. The maximum atomic E-state index is 3.82. The van der Waals surface area contributed by atoms with Gasteiger partial charge in [0.1, 0.15) is 0 Å². The summed E-state index contributed by atoms with van der Waals surface area (Å²) in [6.07, 6.45) is 8.27. The summed E-state index contributed by atoms with van der Waals surface area (Å²) in [5, 5.41) is 3.82. The van der Waals surface area contributed by atoms with Crippen molar-refractivity contribution in [2.75, 3.05) is 6.54 Å². The molecule has 1 aliphatic heterocycles. The summed E-state index contributed by atoms with van der Waals surface area (Å²) in [7, 11) is 0. The van der Waals surface area contributed by atoms with E-state index in [1.54, 1.807) is 11.1 Å². The molecule has 1 fully saturated rings. The summed E-state index contributed by atoms with van der Waals surface area (Å²) >= 11 is 0. The molecule has 1 aromatic rings. The number of nitrogens with one attached hydrogen (secondary N) is 1. The van der Waals surface area contributed by atoms with Crippen molar-refractivity contribution in [2.45, 2.75) is 51.0 Å². The van der Waals surface area contributed by atoms with Crippen molar-refractivity contribution in [3.63, 3.8) is 0 Å². The summed E-state index contributed by atoms with van der Waals surface area (Å²) in [6.45, 7) is 3.57. The third kappa shape index (κ3) is 1.91. The first-order valence-electron chi connectivity index (χ1n) is 7.14. The molecule has 0 amide bonds. The van der Waals surface area contributed by atoms with Crippen molar-refractivity contribution in [2.24, 2.45) is 5.92 Å². The molecule has 0 radical (unpaired) electrons. The van der Waals surface area contributed by atoms with Gasteiger partial charge >= 0.3 is 0 Å². The van der Waals surface area contributed by atoms with E-state index in [0.29, 0.717) is 0 Å².